The highest BCUT2D eigenvalue weighted by Crippen LogP contribution is 2.26. The zero-order chi connectivity index (χ0) is 19.6. The average molecular weight is 427 g/mol. The average Bonchev–Trinajstić information content (AvgIpc) is 2.65. The SMILES string of the molecule is Cc1cc(-c2cnc3cccc(Br)c3n2)ccc1C(=O)N(C)CCN(C)C. The van der Waals surface area contributed by atoms with Crippen LogP contribution in [-0.2, 0) is 0 Å². The van der Waals surface area contributed by atoms with E-state index in [4.69, 9.17) is 4.98 Å². The van der Waals surface area contributed by atoms with Gasteiger partial charge in [-0.05, 0) is 66.8 Å². The van der Waals surface area contributed by atoms with Gasteiger partial charge in [-0.15, -0.1) is 0 Å². The predicted molar refractivity (Wildman–Crippen MR) is 113 cm³/mol. The lowest BCUT2D eigenvalue weighted by molar-refractivity contribution is 0.0785. The number of nitrogens with zero attached hydrogens (tertiary/aromatic N) is 4. The zero-order valence-corrected chi connectivity index (χ0v) is 17.6. The van der Waals surface area contributed by atoms with E-state index >= 15 is 0 Å². The lowest BCUT2D eigenvalue weighted by Crippen LogP contribution is -2.33. The third-order valence-electron chi connectivity index (χ3n) is 4.51. The Balaban J connectivity index is 1.88. The molecular weight excluding hydrogens is 404 g/mol. The Labute approximate surface area is 168 Å². The molecule has 0 spiro atoms. The second-order valence-electron chi connectivity index (χ2n) is 6.92. The van der Waals surface area contributed by atoms with Crippen LogP contribution in [0.1, 0.15) is 15.9 Å². The molecule has 1 amide bonds. The zero-order valence-electron chi connectivity index (χ0n) is 16.0. The van der Waals surface area contributed by atoms with Crippen molar-refractivity contribution in [3.8, 4) is 11.3 Å². The summed E-state index contributed by atoms with van der Waals surface area (Å²) in [5, 5.41) is 0. The predicted octanol–water partition coefficient (Wildman–Crippen LogP) is 4.00. The molecule has 27 heavy (non-hydrogen) atoms. The maximum Gasteiger partial charge on any atom is 0.253 e. The van der Waals surface area contributed by atoms with Gasteiger partial charge < -0.3 is 9.80 Å². The van der Waals surface area contributed by atoms with Gasteiger partial charge in [-0.25, -0.2) is 4.98 Å². The Hall–Kier alpha value is -2.31. The number of halogens is 1. The summed E-state index contributed by atoms with van der Waals surface area (Å²) in [6, 6.07) is 11.7. The number of benzene rings is 2. The van der Waals surface area contributed by atoms with E-state index in [0.717, 1.165) is 44.4 Å². The number of amides is 1. The molecule has 5 nitrogen and oxygen atoms in total. The fraction of sp³-hybridized carbons (Fsp3) is 0.286. The molecule has 0 aliphatic carbocycles. The van der Waals surface area contributed by atoms with Crippen molar-refractivity contribution < 1.29 is 4.79 Å². The maximum atomic E-state index is 12.7. The van der Waals surface area contributed by atoms with Crippen molar-refractivity contribution >= 4 is 32.9 Å². The minimum absolute atomic E-state index is 0.0354. The first kappa shape index (κ1) is 19.5. The van der Waals surface area contributed by atoms with Gasteiger partial charge in [-0.3, -0.25) is 9.78 Å². The maximum absolute atomic E-state index is 12.7. The van der Waals surface area contributed by atoms with E-state index in [-0.39, 0.29) is 5.91 Å². The molecule has 0 aliphatic heterocycles. The van der Waals surface area contributed by atoms with E-state index in [0.29, 0.717) is 6.54 Å². The molecule has 6 heteroatoms. The first-order chi connectivity index (χ1) is 12.9. The molecule has 0 N–H and O–H groups in total. The van der Waals surface area contributed by atoms with Gasteiger partial charge in [0.15, 0.2) is 0 Å². The summed E-state index contributed by atoms with van der Waals surface area (Å²) in [4.78, 5) is 25.8. The molecule has 1 heterocycles. The molecule has 140 valence electrons. The summed E-state index contributed by atoms with van der Waals surface area (Å²) in [6.45, 7) is 3.49. The second kappa shape index (κ2) is 8.15. The lowest BCUT2D eigenvalue weighted by atomic mass is 10.0. The van der Waals surface area contributed by atoms with Crippen molar-refractivity contribution in [1.82, 2.24) is 19.8 Å². The number of hydrogen-bond donors (Lipinski definition) is 0. The van der Waals surface area contributed by atoms with E-state index < -0.39 is 0 Å². The smallest absolute Gasteiger partial charge is 0.253 e. The Morgan fingerprint density at radius 1 is 1.11 bits per heavy atom. The van der Waals surface area contributed by atoms with Crippen LogP contribution in [0.3, 0.4) is 0 Å². The van der Waals surface area contributed by atoms with Crippen molar-refractivity contribution in [1.29, 1.82) is 0 Å². The standard InChI is InChI=1S/C21H23BrN4O/c1-14-12-15(8-9-16(14)21(27)26(4)11-10-25(2)3)19-13-23-18-7-5-6-17(22)20(18)24-19/h5-9,12-13H,10-11H2,1-4H3. The van der Waals surface area contributed by atoms with E-state index in [1.54, 1.807) is 11.1 Å². The molecule has 0 atom stereocenters. The molecule has 3 rings (SSSR count). The Bertz CT molecular complexity index is 987. The van der Waals surface area contributed by atoms with Gasteiger partial charge in [-0.1, -0.05) is 12.1 Å². The van der Waals surface area contributed by atoms with Gasteiger partial charge in [0, 0.05) is 35.7 Å². The summed E-state index contributed by atoms with van der Waals surface area (Å²) in [5.41, 5.74) is 5.07. The van der Waals surface area contributed by atoms with Crippen molar-refractivity contribution in [2.24, 2.45) is 0 Å². The van der Waals surface area contributed by atoms with E-state index in [1.165, 1.54) is 0 Å². The van der Waals surface area contributed by atoms with E-state index in [1.807, 2.05) is 64.5 Å². The number of aromatic nitrogens is 2. The highest BCUT2D eigenvalue weighted by molar-refractivity contribution is 9.10. The summed E-state index contributed by atoms with van der Waals surface area (Å²) in [5.74, 6) is 0.0354. The minimum atomic E-state index is 0.0354. The van der Waals surface area contributed by atoms with Crippen molar-refractivity contribution in [2.75, 3.05) is 34.2 Å². The van der Waals surface area contributed by atoms with Crippen LogP contribution in [0.5, 0.6) is 0 Å². The summed E-state index contributed by atoms with van der Waals surface area (Å²) < 4.78 is 0.917. The molecule has 0 radical (unpaired) electrons. The number of hydrogen-bond acceptors (Lipinski definition) is 4. The van der Waals surface area contributed by atoms with Crippen LogP contribution >= 0.6 is 15.9 Å². The lowest BCUT2D eigenvalue weighted by Gasteiger charge is -2.20. The van der Waals surface area contributed by atoms with E-state index in [2.05, 4.69) is 25.8 Å². The van der Waals surface area contributed by atoms with Gasteiger partial charge in [0.2, 0.25) is 0 Å². The molecular formula is C21H23BrN4O. The normalized spacial score (nSPS) is 11.2. The first-order valence-electron chi connectivity index (χ1n) is 8.79. The third-order valence-corrected chi connectivity index (χ3v) is 5.15. The number of para-hydroxylation sites is 1. The van der Waals surface area contributed by atoms with Gasteiger partial charge >= 0.3 is 0 Å². The molecule has 0 aliphatic rings. The molecule has 1 aromatic heterocycles. The van der Waals surface area contributed by atoms with Gasteiger partial charge in [0.05, 0.1) is 17.4 Å². The number of carbonyl (C=O) groups excluding carboxylic acids is 1. The fourth-order valence-electron chi connectivity index (χ4n) is 2.86. The van der Waals surface area contributed by atoms with Crippen molar-refractivity contribution in [2.45, 2.75) is 6.92 Å². The Kier molecular flexibility index (Phi) is 5.87. The summed E-state index contributed by atoms with van der Waals surface area (Å²) in [6.07, 6.45) is 1.77. The molecule has 0 saturated heterocycles. The van der Waals surface area contributed by atoms with Crippen LogP contribution in [0.25, 0.3) is 22.3 Å². The Morgan fingerprint density at radius 3 is 2.59 bits per heavy atom. The topological polar surface area (TPSA) is 49.3 Å². The van der Waals surface area contributed by atoms with Gasteiger partial charge in [0.1, 0.15) is 5.52 Å². The monoisotopic (exact) mass is 426 g/mol. The fourth-order valence-corrected chi connectivity index (χ4v) is 3.30. The van der Waals surface area contributed by atoms with Crippen LogP contribution < -0.4 is 0 Å². The Morgan fingerprint density at radius 2 is 1.89 bits per heavy atom. The number of aryl methyl sites for hydroxylation is 1. The largest absolute Gasteiger partial charge is 0.340 e. The van der Waals surface area contributed by atoms with Gasteiger partial charge in [-0.2, -0.15) is 0 Å². The molecule has 0 fully saturated rings. The van der Waals surface area contributed by atoms with Crippen molar-refractivity contribution in [3.63, 3.8) is 0 Å². The number of rotatable bonds is 5. The van der Waals surface area contributed by atoms with Gasteiger partial charge in [0.25, 0.3) is 5.91 Å². The summed E-state index contributed by atoms with van der Waals surface area (Å²) >= 11 is 3.53. The van der Waals surface area contributed by atoms with E-state index in [9.17, 15) is 4.79 Å². The molecule has 0 saturated carbocycles. The molecule has 0 unspecified atom stereocenters. The van der Waals surface area contributed by atoms with Crippen LogP contribution in [0.4, 0.5) is 0 Å². The van der Waals surface area contributed by atoms with Crippen LogP contribution in [-0.4, -0.2) is 59.9 Å². The number of carbonyl (C=O) groups is 1. The third kappa shape index (κ3) is 4.34. The quantitative estimate of drug-likeness (QED) is 0.618. The summed E-state index contributed by atoms with van der Waals surface area (Å²) in [7, 11) is 5.84. The second-order valence-corrected chi connectivity index (χ2v) is 7.78. The highest BCUT2D eigenvalue weighted by Gasteiger charge is 2.15. The highest BCUT2D eigenvalue weighted by atomic mass is 79.9. The van der Waals surface area contributed by atoms with Crippen LogP contribution in [0.15, 0.2) is 47.1 Å². The number of likely N-dealkylation sites (N-methyl/N-ethyl adjacent to an activating group) is 2. The van der Waals surface area contributed by atoms with Crippen molar-refractivity contribution in [3.05, 3.63) is 58.2 Å². The van der Waals surface area contributed by atoms with Crippen LogP contribution in [0.2, 0.25) is 0 Å². The molecule has 3 aromatic rings. The number of fused-ring (bicyclic) bond motifs is 1. The molecule has 0 bridgehead atoms. The van der Waals surface area contributed by atoms with Crippen LogP contribution in [0, 0.1) is 6.92 Å². The molecule has 2 aromatic carbocycles. The minimum Gasteiger partial charge on any atom is -0.340 e. The first-order valence-corrected chi connectivity index (χ1v) is 9.58.